The van der Waals surface area contributed by atoms with Gasteiger partial charge in [0.05, 0.1) is 7.11 Å². The Labute approximate surface area is 165 Å². The molecule has 0 aliphatic carbocycles. The Bertz CT molecular complexity index is 907. The molecule has 0 saturated carbocycles. The number of ketones is 1. The van der Waals surface area contributed by atoms with Gasteiger partial charge in [-0.05, 0) is 29.8 Å². The van der Waals surface area contributed by atoms with Crippen molar-refractivity contribution in [3.63, 3.8) is 0 Å². The summed E-state index contributed by atoms with van der Waals surface area (Å²) in [7, 11) is 1.50. The van der Waals surface area contributed by atoms with Crippen molar-refractivity contribution in [1.29, 1.82) is 0 Å². The second-order valence-electron chi connectivity index (χ2n) is 5.96. The van der Waals surface area contributed by atoms with E-state index in [4.69, 9.17) is 19.7 Å². The maximum absolute atomic E-state index is 12.2. The van der Waals surface area contributed by atoms with Crippen LogP contribution in [-0.2, 0) is 20.8 Å². The number of carbonyl (C=O) groups is 4. The van der Waals surface area contributed by atoms with Crippen LogP contribution in [0.2, 0.25) is 0 Å². The summed E-state index contributed by atoms with van der Waals surface area (Å²) in [6.45, 7) is -0.196. The number of benzene rings is 2. The monoisotopic (exact) mass is 401 g/mol. The zero-order valence-corrected chi connectivity index (χ0v) is 15.5. The normalized spacial score (nSPS) is 11.2. The van der Waals surface area contributed by atoms with Crippen molar-refractivity contribution in [3.05, 3.63) is 59.7 Å². The van der Waals surface area contributed by atoms with Gasteiger partial charge >= 0.3 is 17.8 Å². The van der Waals surface area contributed by atoms with Gasteiger partial charge in [-0.2, -0.15) is 0 Å². The van der Waals surface area contributed by atoms with Gasteiger partial charge in [0.15, 0.2) is 12.4 Å². The number of nitrogens with one attached hydrogen (secondary N) is 1. The van der Waals surface area contributed by atoms with E-state index in [0.29, 0.717) is 22.6 Å². The molecule has 2 aromatic rings. The van der Waals surface area contributed by atoms with Gasteiger partial charge in [-0.25, -0.2) is 9.59 Å². The molecule has 152 valence electrons. The van der Waals surface area contributed by atoms with Crippen molar-refractivity contribution in [3.8, 4) is 11.5 Å². The van der Waals surface area contributed by atoms with Gasteiger partial charge in [0.25, 0.3) is 0 Å². The Morgan fingerprint density at radius 3 is 2.28 bits per heavy atom. The van der Waals surface area contributed by atoms with E-state index in [0.717, 1.165) is 0 Å². The van der Waals surface area contributed by atoms with Crippen LogP contribution in [0.1, 0.15) is 15.9 Å². The van der Waals surface area contributed by atoms with Gasteiger partial charge in [-0.3, -0.25) is 9.59 Å². The highest BCUT2D eigenvalue weighted by Crippen LogP contribution is 2.16. The van der Waals surface area contributed by atoms with E-state index in [-0.39, 0.29) is 18.8 Å². The molecule has 0 unspecified atom stereocenters. The number of hydrogen-bond donors (Lipinski definition) is 3. The van der Waals surface area contributed by atoms with Crippen molar-refractivity contribution in [2.75, 3.05) is 13.7 Å². The van der Waals surface area contributed by atoms with Crippen LogP contribution < -0.4 is 14.8 Å². The molecule has 9 nitrogen and oxygen atoms in total. The van der Waals surface area contributed by atoms with Crippen LogP contribution in [0.3, 0.4) is 0 Å². The lowest BCUT2D eigenvalue weighted by Crippen LogP contribution is -2.45. The number of aliphatic carboxylic acids is 2. The number of carbonyl (C=O) groups excluding carboxylic acids is 2. The summed E-state index contributed by atoms with van der Waals surface area (Å²) in [6, 6.07) is 11.5. The lowest BCUT2D eigenvalue weighted by Gasteiger charge is -2.13. The van der Waals surface area contributed by atoms with Gasteiger partial charge in [0.2, 0.25) is 0 Å². The molecule has 0 bridgehead atoms. The number of carboxylic acids is 2. The van der Waals surface area contributed by atoms with Crippen LogP contribution >= 0.6 is 0 Å². The second-order valence-corrected chi connectivity index (χ2v) is 5.96. The number of rotatable bonds is 9. The Balaban J connectivity index is 1.95. The van der Waals surface area contributed by atoms with E-state index in [1.54, 1.807) is 48.5 Å². The smallest absolute Gasteiger partial charge is 0.394 e. The van der Waals surface area contributed by atoms with Crippen LogP contribution in [0.4, 0.5) is 0 Å². The predicted molar refractivity (Wildman–Crippen MR) is 100 cm³/mol. The standard InChI is InChI=1S/C20H19NO8/c1-28-15-4-2-3-13(10-15)17(22)11-29-14-7-5-12(6-8-14)9-16(19(24)25)21-18(23)20(26)27/h2-8,10,16H,9,11H2,1H3,(H,21,23)(H,24,25)(H,26,27)/t16-/m1/s1. The number of methoxy groups -OCH3 is 1. The molecular weight excluding hydrogens is 382 g/mol. The molecule has 29 heavy (non-hydrogen) atoms. The van der Waals surface area contributed by atoms with Crippen molar-refractivity contribution < 1.29 is 38.9 Å². The summed E-state index contributed by atoms with van der Waals surface area (Å²) < 4.78 is 10.5. The second kappa shape index (κ2) is 9.88. The average molecular weight is 401 g/mol. The lowest BCUT2D eigenvalue weighted by atomic mass is 10.1. The van der Waals surface area contributed by atoms with E-state index in [9.17, 15) is 19.2 Å². The zero-order valence-electron chi connectivity index (χ0n) is 15.5. The number of ether oxygens (including phenoxy) is 2. The van der Waals surface area contributed by atoms with Gasteiger partial charge in [-0.1, -0.05) is 24.3 Å². The SMILES string of the molecule is COc1cccc(C(=O)COc2ccc(C[C@@H](NC(=O)C(=O)O)C(=O)O)cc2)c1. The molecule has 0 aliphatic heterocycles. The number of hydrogen-bond acceptors (Lipinski definition) is 6. The van der Waals surface area contributed by atoms with Crippen LogP contribution in [0, 0.1) is 0 Å². The van der Waals surface area contributed by atoms with Crippen molar-refractivity contribution >= 4 is 23.6 Å². The topological polar surface area (TPSA) is 139 Å². The molecule has 9 heteroatoms. The highest BCUT2D eigenvalue weighted by molar-refractivity contribution is 6.31. The van der Waals surface area contributed by atoms with Crippen LogP contribution in [-0.4, -0.2) is 53.6 Å². The summed E-state index contributed by atoms with van der Waals surface area (Å²) >= 11 is 0. The highest BCUT2D eigenvalue weighted by Gasteiger charge is 2.23. The van der Waals surface area contributed by atoms with E-state index in [1.165, 1.54) is 7.11 Å². The average Bonchev–Trinajstić information content (AvgIpc) is 2.72. The molecule has 2 rings (SSSR count). The third-order valence-corrected chi connectivity index (χ3v) is 3.92. The largest absolute Gasteiger partial charge is 0.497 e. The Hall–Kier alpha value is -3.88. The summed E-state index contributed by atoms with van der Waals surface area (Å²) in [4.78, 5) is 45.1. The van der Waals surface area contributed by atoms with Crippen molar-refractivity contribution in [1.82, 2.24) is 5.32 Å². The van der Waals surface area contributed by atoms with Crippen molar-refractivity contribution in [2.45, 2.75) is 12.5 Å². The number of amides is 1. The molecule has 0 spiro atoms. The molecule has 0 saturated heterocycles. The zero-order chi connectivity index (χ0) is 21.4. The fraction of sp³-hybridized carbons (Fsp3) is 0.200. The fourth-order valence-electron chi connectivity index (χ4n) is 2.41. The molecule has 2 aromatic carbocycles. The molecule has 0 heterocycles. The summed E-state index contributed by atoms with van der Waals surface area (Å²) in [5.74, 6) is -3.80. The van der Waals surface area contributed by atoms with Crippen molar-refractivity contribution in [2.24, 2.45) is 0 Å². The maximum atomic E-state index is 12.2. The molecule has 1 atom stereocenters. The minimum Gasteiger partial charge on any atom is -0.497 e. The Morgan fingerprint density at radius 1 is 1.00 bits per heavy atom. The maximum Gasteiger partial charge on any atom is 0.394 e. The van der Waals surface area contributed by atoms with E-state index in [2.05, 4.69) is 0 Å². The molecule has 1 amide bonds. The minimum absolute atomic E-state index is 0.114. The Morgan fingerprint density at radius 2 is 1.69 bits per heavy atom. The predicted octanol–water partition coefficient (Wildman–Crippen LogP) is 1.15. The minimum atomic E-state index is -1.76. The lowest BCUT2D eigenvalue weighted by molar-refractivity contribution is -0.152. The van der Waals surface area contributed by atoms with Crippen LogP contribution in [0.5, 0.6) is 11.5 Å². The number of Topliss-reactive ketones (excluding diaryl/α,β-unsaturated/α-hetero) is 1. The summed E-state index contributed by atoms with van der Waals surface area (Å²) in [5, 5.41) is 19.6. The first-order chi connectivity index (χ1) is 13.8. The highest BCUT2D eigenvalue weighted by atomic mass is 16.5. The van der Waals surface area contributed by atoms with Gasteiger partial charge < -0.3 is 25.0 Å². The first-order valence-electron chi connectivity index (χ1n) is 8.45. The third kappa shape index (κ3) is 6.35. The molecular formula is C20H19NO8. The first kappa shape index (κ1) is 21.4. The van der Waals surface area contributed by atoms with Gasteiger partial charge in [0, 0.05) is 12.0 Å². The van der Waals surface area contributed by atoms with E-state index < -0.39 is 23.9 Å². The summed E-state index contributed by atoms with van der Waals surface area (Å²) in [6.07, 6.45) is -0.114. The van der Waals surface area contributed by atoms with E-state index >= 15 is 0 Å². The molecule has 0 radical (unpaired) electrons. The fourth-order valence-corrected chi connectivity index (χ4v) is 2.41. The van der Waals surface area contributed by atoms with E-state index in [1.807, 2.05) is 5.32 Å². The third-order valence-electron chi connectivity index (χ3n) is 3.92. The molecule has 0 aliphatic rings. The number of carboxylic acid groups (broad SMARTS) is 2. The quantitative estimate of drug-likeness (QED) is 0.420. The van der Waals surface area contributed by atoms with Gasteiger partial charge in [-0.15, -0.1) is 0 Å². The van der Waals surface area contributed by atoms with Crippen LogP contribution in [0.25, 0.3) is 0 Å². The summed E-state index contributed by atoms with van der Waals surface area (Å²) in [5.41, 5.74) is 0.981. The molecule has 3 N–H and O–H groups in total. The molecule has 0 aromatic heterocycles. The first-order valence-corrected chi connectivity index (χ1v) is 8.45. The Kier molecular flexibility index (Phi) is 7.30. The molecule has 0 fully saturated rings. The van der Waals surface area contributed by atoms with Gasteiger partial charge in [0.1, 0.15) is 17.5 Å². The van der Waals surface area contributed by atoms with Crippen LogP contribution in [0.15, 0.2) is 48.5 Å².